The lowest BCUT2D eigenvalue weighted by molar-refractivity contribution is -0.142. The van der Waals surface area contributed by atoms with Crippen LogP contribution in [0.15, 0.2) is 4.99 Å². The van der Waals surface area contributed by atoms with E-state index in [0.717, 1.165) is 0 Å². The fourth-order valence-corrected chi connectivity index (χ4v) is 3.40. The van der Waals surface area contributed by atoms with Crippen molar-refractivity contribution in [1.82, 2.24) is 16.0 Å². The number of rotatable bonds is 21. The fourth-order valence-electron chi connectivity index (χ4n) is 3.40. The van der Waals surface area contributed by atoms with Crippen LogP contribution in [0.2, 0.25) is 0 Å². The van der Waals surface area contributed by atoms with Crippen LogP contribution < -0.4 is 50.4 Å². The molecule has 16 nitrogen and oxygen atoms in total. The number of carboxylic acid groups (broad SMARTS) is 1. The summed E-state index contributed by atoms with van der Waals surface area (Å²) in [5.41, 5.74) is 32.6. The van der Waals surface area contributed by atoms with Crippen LogP contribution >= 0.6 is 0 Å². The first-order valence-corrected chi connectivity index (χ1v) is 12.6. The Morgan fingerprint density at radius 3 is 1.68 bits per heavy atom. The minimum Gasteiger partial charge on any atom is -0.480 e. The largest absolute Gasteiger partial charge is 0.480 e. The number of nitrogens with two attached hydrogens (primary N) is 6. The molecule has 0 aliphatic carbocycles. The van der Waals surface area contributed by atoms with Gasteiger partial charge in [0.2, 0.25) is 23.6 Å². The molecule has 0 aromatic rings. The number of hydrogen-bond acceptors (Lipinski definition) is 9. The first-order chi connectivity index (χ1) is 17.9. The molecule has 0 saturated heterocycles. The third kappa shape index (κ3) is 15.6. The zero-order valence-corrected chi connectivity index (χ0v) is 21.7. The van der Waals surface area contributed by atoms with Crippen molar-refractivity contribution in [2.45, 2.75) is 82.0 Å². The molecule has 4 unspecified atom stereocenters. The predicted octanol–water partition coefficient (Wildman–Crippen LogP) is -3.96. The van der Waals surface area contributed by atoms with E-state index < -0.39 is 60.2 Å². The molecule has 16 heteroatoms. The monoisotopic (exact) mass is 544 g/mol. The van der Waals surface area contributed by atoms with E-state index in [1.54, 1.807) is 0 Å². The summed E-state index contributed by atoms with van der Waals surface area (Å²) < 4.78 is 0. The number of nitrogens with one attached hydrogen (secondary N) is 3. The van der Waals surface area contributed by atoms with E-state index in [9.17, 15) is 29.1 Å². The molecular formula is C22H44N10O6. The van der Waals surface area contributed by atoms with E-state index in [0.29, 0.717) is 45.2 Å². The highest BCUT2D eigenvalue weighted by Crippen LogP contribution is 2.07. The van der Waals surface area contributed by atoms with Crippen molar-refractivity contribution in [2.75, 3.05) is 19.6 Å². The van der Waals surface area contributed by atoms with E-state index in [-0.39, 0.29) is 31.8 Å². The number of primary amides is 1. The average Bonchev–Trinajstić information content (AvgIpc) is 2.84. The Bertz CT molecular complexity index is 805. The van der Waals surface area contributed by atoms with Crippen molar-refractivity contribution in [3.8, 4) is 0 Å². The molecule has 0 fully saturated rings. The zero-order valence-electron chi connectivity index (χ0n) is 21.7. The second-order valence-corrected chi connectivity index (χ2v) is 8.82. The first-order valence-electron chi connectivity index (χ1n) is 12.6. The summed E-state index contributed by atoms with van der Waals surface area (Å²) in [7, 11) is 0. The highest BCUT2D eigenvalue weighted by atomic mass is 16.4. The highest BCUT2D eigenvalue weighted by Gasteiger charge is 2.30. The maximum absolute atomic E-state index is 13.0. The normalized spacial score (nSPS) is 13.9. The average molecular weight is 545 g/mol. The molecule has 0 bridgehead atoms. The third-order valence-corrected chi connectivity index (χ3v) is 5.48. The van der Waals surface area contributed by atoms with Gasteiger partial charge in [-0.25, -0.2) is 4.79 Å². The van der Waals surface area contributed by atoms with E-state index in [2.05, 4.69) is 20.9 Å². The number of guanidine groups is 1. The Kier molecular flexibility index (Phi) is 17.8. The van der Waals surface area contributed by atoms with E-state index in [1.165, 1.54) is 0 Å². The van der Waals surface area contributed by atoms with E-state index in [4.69, 9.17) is 34.4 Å². The minimum atomic E-state index is -1.41. The summed E-state index contributed by atoms with van der Waals surface area (Å²) in [6, 6.07) is -4.76. The number of carbonyl (C=O) groups excluding carboxylic acids is 4. The topological polar surface area (TPSA) is 310 Å². The summed E-state index contributed by atoms with van der Waals surface area (Å²) >= 11 is 0. The van der Waals surface area contributed by atoms with Gasteiger partial charge in [0, 0.05) is 6.54 Å². The number of aliphatic carboxylic acids is 1. The molecule has 0 aromatic carbocycles. The second kappa shape index (κ2) is 19.6. The molecule has 16 N–H and O–H groups in total. The molecule has 0 heterocycles. The Morgan fingerprint density at radius 2 is 1.18 bits per heavy atom. The highest BCUT2D eigenvalue weighted by molar-refractivity contribution is 5.96. The molecule has 4 atom stereocenters. The summed E-state index contributed by atoms with van der Waals surface area (Å²) in [6.07, 6.45) is 2.40. The maximum Gasteiger partial charge on any atom is 0.326 e. The van der Waals surface area contributed by atoms with Crippen LogP contribution in [0.3, 0.4) is 0 Å². The molecule has 0 spiro atoms. The zero-order chi connectivity index (χ0) is 29.1. The van der Waals surface area contributed by atoms with Crippen molar-refractivity contribution in [3.63, 3.8) is 0 Å². The van der Waals surface area contributed by atoms with Gasteiger partial charge in [-0.1, -0.05) is 0 Å². The van der Waals surface area contributed by atoms with E-state index >= 15 is 0 Å². The van der Waals surface area contributed by atoms with Crippen LogP contribution in [-0.2, 0) is 24.0 Å². The van der Waals surface area contributed by atoms with Crippen molar-refractivity contribution in [3.05, 3.63) is 0 Å². The molecule has 38 heavy (non-hydrogen) atoms. The lowest BCUT2D eigenvalue weighted by Gasteiger charge is -2.25. The van der Waals surface area contributed by atoms with Gasteiger partial charge in [-0.3, -0.25) is 24.2 Å². The Hall–Kier alpha value is -3.50. The van der Waals surface area contributed by atoms with Crippen molar-refractivity contribution in [1.29, 1.82) is 0 Å². The molecule has 0 aromatic heterocycles. The number of amides is 4. The van der Waals surface area contributed by atoms with Gasteiger partial charge in [0.1, 0.15) is 18.1 Å². The third-order valence-electron chi connectivity index (χ3n) is 5.48. The lowest BCUT2D eigenvalue weighted by atomic mass is 10.0. The van der Waals surface area contributed by atoms with Crippen LogP contribution in [0.25, 0.3) is 0 Å². The number of carboxylic acids is 1. The molecule has 0 aliphatic heterocycles. The van der Waals surface area contributed by atoms with Gasteiger partial charge in [0.15, 0.2) is 5.96 Å². The van der Waals surface area contributed by atoms with Crippen LogP contribution in [0.1, 0.15) is 57.8 Å². The number of nitrogens with zero attached hydrogens (tertiary/aromatic N) is 1. The molecule has 0 radical (unpaired) electrons. The van der Waals surface area contributed by atoms with Crippen molar-refractivity contribution >= 4 is 35.6 Å². The van der Waals surface area contributed by atoms with E-state index in [1.807, 2.05) is 0 Å². The number of aliphatic imine (C=N–C) groups is 1. The summed E-state index contributed by atoms with van der Waals surface area (Å²) in [6.45, 7) is 0.975. The van der Waals surface area contributed by atoms with Gasteiger partial charge in [0.25, 0.3) is 0 Å². The molecular weight excluding hydrogens is 500 g/mol. The van der Waals surface area contributed by atoms with Crippen molar-refractivity contribution in [2.24, 2.45) is 39.4 Å². The minimum absolute atomic E-state index is 0.100. The van der Waals surface area contributed by atoms with Crippen LogP contribution in [0, 0.1) is 0 Å². The fraction of sp³-hybridized carbons (Fsp3) is 0.727. The second-order valence-electron chi connectivity index (χ2n) is 8.82. The van der Waals surface area contributed by atoms with Crippen molar-refractivity contribution < 1.29 is 29.1 Å². The molecule has 0 aliphatic rings. The van der Waals surface area contributed by atoms with Gasteiger partial charge < -0.3 is 55.5 Å². The predicted molar refractivity (Wildman–Crippen MR) is 141 cm³/mol. The number of hydrogen-bond donors (Lipinski definition) is 10. The SMILES string of the molecule is NCCCCC(NC(=O)C(CCCCN)NC(=O)C(CC(N)=O)NC(=O)C(N)CCCN=C(N)N)C(=O)O. The van der Waals surface area contributed by atoms with Gasteiger partial charge >= 0.3 is 5.97 Å². The van der Waals surface area contributed by atoms with Gasteiger partial charge in [-0.2, -0.15) is 0 Å². The first kappa shape index (κ1) is 34.5. The number of unbranched alkanes of at least 4 members (excludes halogenated alkanes) is 2. The summed E-state index contributed by atoms with van der Waals surface area (Å²) in [5, 5.41) is 16.8. The molecule has 0 rings (SSSR count). The van der Waals surface area contributed by atoms with Gasteiger partial charge in [-0.15, -0.1) is 0 Å². The quantitative estimate of drug-likeness (QED) is 0.0377. The smallest absolute Gasteiger partial charge is 0.326 e. The van der Waals surface area contributed by atoms with Gasteiger partial charge in [0.05, 0.1) is 12.5 Å². The lowest BCUT2D eigenvalue weighted by Crippen LogP contribution is -2.57. The molecule has 218 valence electrons. The molecule has 4 amide bonds. The Labute approximate surface area is 222 Å². The Morgan fingerprint density at radius 1 is 0.684 bits per heavy atom. The van der Waals surface area contributed by atoms with Crippen LogP contribution in [-0.4, -0.2) is 84.5 Å². The van der Waals surface area contributed by atoms with Crippen LogP contribution in [0.5, 0.6) is 0 Å². The standard InChI is InChI=1S/C22H44N10O6/c23-9-3-1-7-14(19(35)31-15(21(37)38)8-2-4-10-24)30-20(36)16(12-17(26)33)32-18(34)13(25)6-5-11-29-22(27)28/h13-16H,1-12,23-25H2,(H2,26,33)(H,30,36)(H,31,35)(H,32,34)(H,37,38)(H4,27,28,29). The summed E-state index contributed by atoms with van der Waals surface area (Å²) in [4.78, 5) is 65.4. The maximum atomic E-state index is 13.0. The molecule has 0 saturated carbocycles. The number of carbonyl (C=O) groups is 5. The summed E-state index contributed by atoms with van der Waals surface area (Å²) in [5.74, 6) is -4.50. The van der Waals surface area contributed by atoms with Crippen LogP contribution in [0.4, 0.5) is 0 Å². The van der Waals surface area contributed by atoms with Gasteiger partial charge in [-0.05, 0) is 64.5 Å². The Balaban J connectivity index is 5.42.